The summed E-state index contributed by atoms with van der Waals surface area (Å²) in [6.07, 6.45) is 0.400. The topological polar surface area (TPSA) is 149 Å². The molecule has 3 N–H and O–H groups in total. The van der Waals surface area contributed by atoms with Crippen molar-refractivity contribution in [2.45, 2.75) is 45.3 Å². The summed E-state index contributed by atoms with van der Waals surface area (Å²) in [4.78, 5) is 71.8. The number of carbonyl (C=O) groups is 5. The van der Waals surface area contributed by atoms with Gasteiger partial charge in [-0.3, -0.25) is 29.0 Å². The van der Waals surface area contributed by atoms with Crippen molar-refractivity contribution in [1.82, 2.24) is 15.2 Å². The Balaban J connectivity index is 1.63. The number of hydrogen-bond acceptors (Lipinski definition) is 6. The van der Waals surface area contributed by atoms with Gasteiger partial charge < -0.3 is 15.7 Å². The molecule has 42 heavy (non-hydrogen) atoms. The molecule has 0 saturated heterocycles. The summed E-state index contributed by atoms with van der Waals surface area (Å²) in [5, 5.41) is 14.8. The van der Waals surface area contributed by atoms with Crippen molar-refractivity contribution in [1.29, 1.82) is 0 Å². The molecular weight excluding hydrogens is 538 g/mol. The zero-order valence-electron chi connectivity index (χ0n) is 23.8. The monoisotopic (exact) mass is 571 g/mol. The zero-order chi connectivity index (χ0) is 30.6. The normalized spacial score (nSPS) is 15.4. The number of likely N-dealkylation sites (N-methyl/N-ethyl adjacent to an activating group) is 1. The van der Waals surface area contributed by atoms with Crippen LogP contribution in [-0.4, -0.2) is 69.8 Å². The van der Waals surface area contributed by atoms with Crippen LogP contribution in [-0.2, 0) is 20.8 Å². The second-order valence-electron chi connectivity index (χ2n) is 10.4. The van der Waals surface area contributed by atoms with Crippen LogP contribution in [0.3, 0.4) is 0 Å². The molecule has 11 heteroatoms. The molecule has 1 unspecified atom stereocenters. The first kappa shape index (κ1) is 29.9. The molecule has 0 fully saturated rings. The van der Waals surface area contributed by atoms with Gasteiger partial charge in [0.2, 0.25) is 11.8 Å². The van der Waals surface area contributed by atoms with E-state index in [0.717, 1.165) is 4.90 Å². The van der Waals surface area contributed by atoms with Gasteiger partial charge in [-0.05, 0) is 36.6 Å². The summed E-state index contributed by atoms with van der Waals surface area (Å²) >= 11 is 0. The number of anilines is 2. The van der Waals surface area contributed by atoms with E-state index in [1.54, 1.807) is 80.6 Å². The van der Waals surface area contributed by atoms with Crippen molar-refractivity contribution >= 4 is 41.1 Å². The molecule has 4 amide bonds. The molecule has 3 atom stereocenters. The lowest BCUT2D eigenvalue weighted by molar-refractivity contribution is -0.131. The Kier molecular flexibility index (Phi) is 8.99. The third-order valence-electron chi connectivity index (χ3n) is 7.32. The van der Waals surface area contributed by atoms with Gasteiger partial charge in [0.05, 0.1) is 5.69 Å². The van der Waals surface area contributed by atoms with E-state index in [9.17, 15) is 29.1 Å². The fourth-order valence-corrected chi connectivity index (χ4v) is 4.75. The highest BCUT2D eigenvalue weighted by molar-refractivity contribution is 6.15. The number of benzene rings is 2. The summed E-state index contributed by atoms with van der Waals surface area (Å²) in [5.41, 5.74) is 1.73. The molecule has 3 aromatic rings. The Hall–Kier alpha value is -5.06. The molecule has 2 heterocycles. The van der Waals surface area contributed by atoms with E-state index in [-0.39, 0.29) is 12.2 Å². The molecule has 1 aliphatic rings. The molecule has 0 aliphatic carbocycles. The number of fused-ring (bicyclic) bond motifs is 1. The maximum Gasteiger partial charge on any atom is 0.407 e. The van der Waals surface area contributed by atoms with E-state index in [0.29, 0.717) is 28.2 Å². The lowest BCUT2D eigenvalue weighted by Gasteiger charge is -2.31. The van der Waals surface area contributed by atoms with Crippen LogP contribution >= 0.6 is 0 Å². The van der Waals surface area contributed by atoms with E-state index >= 15 is 0 Å². The lowest BCUT2D eigenvalue weighted by atomic mass is 10.0. The number of pyridine rings is 1. The largest absolute Gasteiger partial charge is 0.465 e. The SMILES string of the molecule is CC(C)[C@H](NC(=O)[C@H](C)N(C)C(=O)O)C(=O)N1c2ncccc2CC1C(=O)Nc1ccccc1C(=O)c1ccccc1. The van der Waals surface area contributed by atoms with Crippen LogP contribution in [0, 0.1) is 5.92 Å². The lowest BCUT2D eigenvalue weighted by Crippen LogP contribution is -2.58. The first-order chi connectivity index (χ1) is 20.0. The minimum absolute atomic E-state index is 0.173. The van der Waals surface area contributed by atoms with Gasteiger partial charge >= 0.3 is 6.09 Å². The van der Waals surface area contributed by atoms with Gasteiger partial charge in [0, 0.05) is 30.8 Å². The molecule has 1 aliphatic heterocycles. The number of rotatable bonds is 9. The summed E-state index contributed by atoms with van der Waals surface area (Å²) in [6, 6.07) is 15.7. The minimum Gasteiger partial charge on any atom is -0.465 e. The van der Waals surface area contributed by atoms with Gasteiger partial charge in [-0.25, -0.2) is 9.78 Å². The van der Waals surface area contributed by atoms with Gasteiger partial charge in [0.15, 0.2) is 5.78 Å². The molecule has 4 rings (SSSR count). The number of carboxylic acid groups (broad SMARTS) is 1. The fraction of sp³-hybridized carbons (Fsp3) is 0.290. The Labute approximate surface area is 243 Å². The molecule has 0 radical (unpaired) electrons. The number of para-hydroxylation sites is 1. The van der Waals surface area contributed by atoms with E-state index in [1.165, 1.54) is 25.1 Å². The van der Waals surface area contributed by atoms with Crippen LogP contribution in [0.15, 0.2) is 72.9 Å². The highest BCUT2D eigenvalue weighted by atomic mass is 16.4. The predicted molar refractivity (Wildman–Crippen MR) is 156 cm³/mol. The molecule has 0 spiro atoms. The average Bonchev–Trinajstić information content (AvgIpc) is 3.38. The van der Waals surface area contributed by atoms with Crippen molar-refractivity contribution in [3.63, 3.8) is 0 Å². The van der Waals surface area contributed by atoms with Crippen molar-refractivity contribution in [3.8, 4) is 0 Å². The van der Waals surface area contributed by atoms with Crippen LogP contribution < -0.4 is 15.5 Å². The van der Waals surface area contributed by atoms with Gasteiger partial charge in [0.25, 0.3) is 5.91 Å². The van der Waals surface area contributed by atoms with Gasteiger partial charge in [-0.15, -0.1) is 0 Å². The van der Waals surface area contributed by atoms with Gasteiger partial charge in [0.1, 0.15) is 23.9 Å². The highest BCUT2D eigenvalue weighted by Gasteiger charge is 2.43. The molecule has 1 aromatic heterocycles. The molecule has 2 aromatic carbocycles. The van der Waals surface area contributed by atoms with Crippen molar-refractivity contribution in [2.75, 3.05) is 17.3 Å². The minimum atomic E-state index is -1.29. The standard InChI is InChI=1S/C31H33N5O6/c1-18(2)25(34-28(38)19(3)35(4)31(41)42)30(40)36-24(17-21-13-10-16-32-27(21)36)29(39)33-23-15-9-8-14-22(23)26(37)20-11-6-5-7-12-20/h5-16,18-19,24-25H,17H2,1-4H3,(H,33,39)(H,34,38)(H,41,42)/t19-,24?,25-/m0/s1. The summed E-state index contributed by atoms with van der Waals surface area (Å²) in [6.45, 7) is 4.90. The van der Waals surface area contributed by atoms with Crippen LogP contribution in [0.2, 0.25) is 0 Å². The molecule has 11 nitrogen and oxygen atoms in total. The molecule has 0 bridgehead atoms. The van der Waals surface area contributed by atoms with E-state index in [2.05, 4.69) is 15.6 Å². The Bertz CT molecular complexity index is 1510. The number of ketones is 1. The smallest absolute Gasteiger partial charge is 0.407 e. The first-order valence-corrected chi connectivity index (χ1v) is 13.5. The summed E-state index contributed by atoms with van der Waals surface area (Å²) < 4.78 is 0. The summed E-state index contributed by atoms with van der Waals surface area (Å²) in [7, 11) is 1.26. The van der Waals surface area contributed by atoms with Crippen molar-refractivity contribution in [2.24, 2.45) is 5.92 Å². The fourth-order valence-electron chi connectivity index (χ4n) is 4.75. The van der Waals surface area contributed by atoms with Crippen LogP contribution in [0.1, 0.15) is 42.3 Å². The summed E-state index contributed by atoms with van der Waals surface area (Å²) in [5.74, 6) is -2.10. The first-order valence-electron chi connectivity index (χ1n) is 13.5. The average molecular weight is 572 g/mol. The second-order valence-corrected chi connectivity index (χ2v) is 10.4. The van der Waals surface area contributed by atoms with Gasteiger partial charge in [-0.2, -0.15) is 0 Å². The van der Waals surface area contributed by atoms with Crippen molar-refractivity contribution in [3.05, 3.63) is 89.6 Å². The van der Waals surface area contributed by atoms with Crippen LogP contribution in [0.5, 0.6) is 0 Å². The quantitative estimate of drug-likeness (QED) is 0.334. The van der Waals surface area contributed by atoms with E-state index in [1.807, 2.05) is 0 Å². The Morgan fingerprint density at radius 1 is 0.952 bits per heavy atom. The van der Waals surface area contributed by atoms with Crippen LogP contribution in [0.4, 0.5) is 16.3 Å². The second kappa shape index (κ2) is 12.6. The van der Waals surface area contributed by atoms with Gasteiger partial charge in [-0.1, -0.05) is 62.4 Å². The van der Waals surface area contributed by atoms with E-state index in [4.69, 9.17) is 0 Å². The third-order valence-corrected chi connectivity index (χ3v) is 7.32. The van der Waals surface area contributed by atoms with E-state index < -0.39 is 47.9 Å². The maximum absolute atomic E-state index is 14.0. The molecule has 218 valence electrons. The number of nitrogens with zero attached hydrogens (tertiary/aromatic N) is 3. The van der Waals surface area contributed by atoms with Crippen molar-refractivity contribution < 1.29 is 29.1 Å². The predicted octanol–water partition coefficient (Wildman–Crippen LogP) is 3.35. The number of aromatic nitrogens is 1. The van der Waals surface area contributed by atoms with Crippen LogP contribution in [0.25, 0.3) is 0 Å². The third kappa shape index (κ3) is 6.14. The number of amides is 4. The molecular formula is C31H33N5O6. The maximum atomic E-state index is 14.0. The number of nitrogens with one attached hydrogen (secondary N) is 2. The number of hydrogen-bond donors (Lipinski definition) is 3. The highest BCUT2D eigenvalue weighted by Crippen LogP contribution is 2.32. The number of carbonyl (C=O) groups excluding carboxylic acids is 4. The Morgan fingerprint density at radius 3 is 2.29 bits per heavy atom. The Morgan fingerprint density at radius 2 is 1.62 bits per heavy atom. The molecule has 0 saturated carbocycles. The zero-order valence-corrected chi connectivity index (χ0v) is 23.8.